The summed E-state index contributed by atoms with van der Waals surface area (Å²) in [6, 6.07) is 8.42. The SMILES string of the molecule is CCC(C)CC(CNCC(C)C)Cc1ccccc1OC. The fourth-order valence-corrected chi connectivity index (χ4v) is 2.73. The quantitative estimate of drug-likeness (QED) is 0.683. The minimum absolute atomic E-state index is 0.676. The molecule has 2 nitrogen and oxygen atoms in total. The van der Waals surface area contributed by atoms with E-state index in [1.165, 1.54) is 18.4 Å². The number of para-hydroxylation sites is 1. The van der Waals surface area contributed by atoms with Gasteiger partial charge in [0.15, 0.2) is 0 Å². The molecule has 1 aromatic rings. The van der Waals surface area contributed by atoms with Gasteiger partial charge in [-0.05, 0) is 55.3 Å². The van der Waals surface area contributed by atoms with Crippen LogP contribution >= 0.6 is 0 Å². The van der Waals surface area contributed by atoms with Crippen molar-refractivity contribution < 1.29 is 4.74 Å². The molecule has 0 aliphatic rings. The Balaban J connectivity index is 2.66. The topological polar surface area (TPSA) is 21.3 Å². The molecule has 0 aliphatic heterocycles. The molecule has 1 N–H and O–H groups in total. The van der Waals surface area contributed by atoms with Crippen LogP contribution in [0.2, 0.25) is 0 Å². The molecule has 0 spiro atoms. The van der Waals surface area contributed by atoms with Crippen molar-refractivity contribution in [3.05, 3.63) is 29.8 Å². The van der Waals surface area contributed by atoms with Gasteiger partial charge in [-0.15, -0.1) is 0 Å². The van der Waals surface area contributed by atoms with Crippen molar-refractivity contribution in [2.45, 2.75) is 47.0 Å². The third-order valence-electron chi connectivity index (χ3n) is 4.12. The van der Waals surface area contributed by atoms with E-state index in [1.807, 2.05) is 6.07 Å². The lowest BCUT2D eigenvalue weighted by atomic mass is 9.88. The van der Waals surface area contributed by atoms with E-state index in [2.05, 4.69) is 51.2 Å². The first-order chi connectivity index (χ1) is 10.1. The molecule has 120 valence electrons. The van der Waals surface area contributed by atoms with Crippen LogP contribution in [0.3, 0.4) is 0 Å². The predicted octanol–water partition coefficient (Wildman–Crippen LogP) is 4.54. The summed E-state index contributed by atoms with van der Waals surface area (Å²) in [7, 11) is 1.76. The van der Waals surface area contributed by atoms with Gasteiger partial charge in [0.05, 0.1) is 7.11 Å². The molecule has 0 aromatic heterocycles. The minimum Gasteiger partial charge on any atom is -0.496 e. The predicted molar refractivity (Wildman–Crippen MR) is 92.0 cm³/mol. The van der Waals surface area contributed by atoms with Crippen LogP contribution in [0.5, 0.6) is 5.75 Å². The van der Waals surface area contributed by atoms with E-state index in [1.54, 1.807) is 7.11 Å². The van der Waals surface area contributed by atoms with Gasteiger partial charge in [-0.1, -0.05) is 52.3 Å². The van der Waals surface area contributed by atoms with E-state index >= 15 is 0 Å². The fourth-order valence-electron chi connectivity index (χ4n) is 2.73. The lowest BCUT2D eigenvalue weighted by Crippen LogP contribution is -2.28. The summed E-state index contributed by atoms with van der Waals surface area (Å²) >= 11 is 0. The highest BCUT2D eigenvalue weighted by molar-refractivity contribution is 5.33. The normalized spacial score (nSPS) is 14.2. The first kappa shape index (κ1) is 18.0. The van der Waals surface area contributed by atoms with Gasteiger partial charge in [0.25, 0.3) is 0 Å². The molecule has 1 aromatic carbocycles. The van der Waals surface area contributed by atoms with E-state index in [0.717, 1.165) is 31.2 Å². The lowest BCUT2D eigenvalue weighted by Gasteiger charge is -2.22. The van der Waals surface area contributed by atoms with Crippen LogP contribution < -0.4 is 10.1 Å². The zero-order chi connectivity index (χ0) is 15.7. The Morgan fingerprint density at radius 2 is 1.81 bits per heavy atom. The van der Waals surface area contributed by atoms with E-state index in [0.29, 0.717) is 11.8 Å². The Morgan fingerprint density at radius 1 is 1.10 bits per heavy atom. The minimum atomic E-state index is 0.676. The van der Waals surface area contributed by atoms with Crippen LogP contribution in [0.1, 0.15) is 46.1 Å². The zero-order valence-electron chi connectivity index (χ0n) is 14.5. The molecular weight excluding hydrogens is 258 g/mol. The molecule has 2 atom stereocenters. The summed E-state index contributed by atoms with van der Waals surface area (Å²) in [6.45, 7) is 11.4. The van der Waals surface area contributed by atoms with E-state index < -0.39 is 0 Å². The molecule has 0 saturated carbocycles. The van der Waals surface area contributed by atoms with Gasteiger partial charge in [0, 0.05) is 0 Å². The van der Waals surface area contributed by atoms with Crippen LogP contribution in [-0.4, -0.2) is 20.2 Å². The second-order valence-corrected chi connectivity index (χ2v) is 6.68. The van der Waals surface area contributed by atoms with Crippen molar-refractivity contribution in [1.82, 2.24) is 5.32 Å². The molecule has 1 rings (SSSR count). The van der Waals surface area contributed by atoms with E-state index in [4.69, 9.17) is 4.74 Å². The number of hydrogen-bond acceptors (Lipinski definition) is 2. The van der Waals surface area contributed by atoms with Gasteiger partial charge >= 0.3 is 0 Å². The summed E-state index contributed by atoms with van der Waals surface area (Å²) in [6.07, 6.45) is 3.63. The number of hydrogen-bond donors (Lipinski definition) is 1. The number of methoxy groups -OCH3 is 1. The van der Waals surface area contributed by atoms with Crippen molar-refractivity contribution in [3.63, 3.8) is 0 Å². The highest BCUT2D eigenvalue weighted by atomic mass is 16.5. The molecule has 21 heavy (non-hydrogen) atoms. The van der Waals surface area contributed by atoms with Gasteiger partial charge in [-0.25, -0.2) is 0 Å². The van der Waals surface area contributed by atoms with Gasteiger partial charge < -0.3 is 10.1 Å². The Labute approximate surface area is 131 Å². The highest BCUT2D eigenvalue weighted by Gasteiger charge is 2.15. The monoisotopic (exact) mass is 291 g/mol. The standard InChI is InChI=1S/C19H33NO/c1-6-16(4)11-17(14-20-13-15(2)3)12-18-9-7-8-10-19(18)21-5/h7-10,15-17,20H,6,11-14H2,1-5H3. The van der Waals surface area contributed by atoms with Gasteiger partial charge in [-0.3, -0.25) is 0 Å². The Bertz CT molecular complexity index is 389. The first-order valence-electron chi connectivity index (χ1n) is 8.39. The second kappa shape index (κ2) is 9.83. The van der Waals surface area contributed by atoms with Crippen molar-refractivity contribution in [2.24, 2.45) is 17.8 Å². The molecule has 0 radical (unpaired) electrons. The smallest absolute Gasteiger partial charge is 0.122 e. The van der Waals surface area contributed by atoms with Crippen molar-refractivity contribution in [2.75, 3.05) is 20.2 Å². The number of nitrogens with one attached hydrogen (secondary N) is 1. The van der Waals surface area contributed by atoms with Gasteiger partial charge in [0.1, 0.15) is 5.75 Å². The van der Waals surface area contributed by atoms with Gasteiger partial charge in [-0.2, -0.15) is 0 Å². The number of rotatable bonds is 10. The average molecular weight is 291 g/mol. The molecular formula is C19H33NO. The summed E-state index contributed by atoms with van der Waals surface area (Å²) in [5.74, 6) is 3.19. The number of benzene rings is 1. The molecule has 0 fully saturated rings. The average Bonchev–Trinajstić information content (AvgIpc) is 2.47. The molecule has 0 saturated heterocycles. The Kier molecular flexibility index (Phi) is 8.44. The van der Waals surface area contributed by atoms with Crippen LogP contribution in [-0.2, 0) is 6.42 Å². The molecule has 0 heterocycles. The molecule has 0 amide bonds. The van der Waals surface area contributed by atoms with Gasteiger partial charge in [0.2, 0.25) is 0 Å². The second-order valence-electron chi connectivity index (χ2n) is 6.68. The lowest BCUT2D eigenvalue weighted by molar-refractivity contribution is 0.349. The number of ether oxygens (including phenoxy) is 1. The van der Waals surface area contributed by atoms with Crippen LogP contribution in [0.4, 0.5) is 0 Å². The summed E-state index contributed by atoms with van der Waals surface area (Å²) in [4.78, 5) is 0. The third-order valence-corrected chi connectivity index (χ3v) is 4.12. The molecule has 2 heteroatoms. The fraction of sp³-hybridized carbons (Fsp3) is 0.684. The van der Waals surface area contributed by atoms with Crippen LogP contribution in [0, 0.1) is 17.8 Å². The molecule has 0 bridgehead atoms. The van der Waals surface area contributed by atoms with E-state index in [-0.39, 0.29) is 0 Å². The third kappa shape index (κ3) is 6.99. The van der Waals surface area contributed by atoms with Crippen molar-refractivity contribution >= 4 is 0 Å². The summed E-state index contributed by atoms with van der Waals surface area (Å²) < 4.78 is 5.50. The Morgan fingerprint density at radius 3 is 2.43 bits per heavy atom. The maximum atomic E-state index is 5.50. The van der Waals surface area contributed by atoms with E-state index in [9.17, 15) is 0 Å². The van der Waals surface area contributed by atoms with Crippen molar-refractivity contribution in [3.8, 4) is 5.75 Å². The highest BCUT2D eigenvalue weighted by Crippen LogP contribution is 2.24. The maximum Gasteiger partial charge on any atom is 0.122 e. The first-order valence-corrected chi connectivity index (χ1v) is 8.39. The van der Waals surface area contributed by atoms with Crippen LogP contribution in [0.25, 0.3) is 0 Å². The van der Waals surface area contributed by atoms with Crippen molar-refractivity contribution in [1.29, 1.82) is 0 Å². The summed E-state index contributed by atoms with van der Waals surface area (Å²) in [5, 5.41) is 3.63. The summed E-state index contributed by atoms with van der Waals surface area (Å²) in [5.41, 5.74) is 1.33. The largest absolute Gasteiger partial charge is 0.496 e. The Hall–Kier alpha value is -1.02. The van der Waals surface area contributed by atoms with Crippen LogP contribution in [0.15, 0.2) is 24.3 Å². The zero-order valence-corrected chi connectivity index (χ0v) is 14.5. The molecule has 0 aliphatic carbocycles. The maximum absolute atomic E-state index is 5.50. The molecule has 2 unspecified atom stereocenters.